The molecule has 0 saturated carbocycles. The molecule has 0 fully saturated rings. The third-order valence-electron chi connectivity index (χ3n) is 5.84. The van der Waals surface area contributed by atoms with Crippen molar-refractivity contribution in [3.63, 3.8) is 0 Å². The summed E-state index contributed by atoms with van der Waals surface area (Å²) in [6, 6.07) is -0.389. The van der Waals surface area contributed by atoms with Gasteiger partial charge in [0.1, 0.15) is 0 Å². The molecule has 0 spiro atoms. The number of imidazole rings is 1. The smallest absolute Gasteiger partial charge is 0.332 e. The second-order valence-corrected chi connectivity index (χ2v) is 8.31. The quantitative estimate of drug-likeness (QED) is 0.440. The predicted octanol–water partition coefficient (Wildman–Crippen LogP) is 1.80. The molecule has 174 valence electrons. The van der Waals surface area contributed by atoms with Gasteiger partial charge in [-0.2, -0.15) is 0 Å². The van der Waals surface area contributed by atoms with Crippen LogP contribution in [0.3, 0.4) is 0 Å². The van der Waals surface area contributed by atoms with E-state index in [9.17, 15) is 14.4 Å². The fraction of sp³-hybridized carbons (Fsp3) is 0.727. The third-order valence-corrected chi connectivity index (χ3v) is 5.84. The molecule has 0 radical (unpaired) electrons. The molecule has 0 unspecified atom stereocenters. The van der Waals surface area contributed by atoms with E-state index < -0.39 is 0 Å². The molecule has 2 rings (SSSR count). The predicted molar refractivity (Wildman–Crippen MR) is 123 cm³/mol. The summed E-state index contributed by atoms with van der Waals surface area (Å²) in [5, 5.41) is 2.88. The third kappa shape index (κ3) is 6.78. The van der Waals surface area contributed by atoms with Crippen molar-refractivity contribution in [2.24, 2.45) is 19.8 Å². The lowest BCUT2D eigenvalue weighted by molar-refractivity contribution is -0.122. The molecule has 0 aromatic carbocycles. The van der Waals surface area contributed by atoms with E-state index in [2.05, 4.69) is 10.3 Å². The van der Waals surface area contributed by atoms with Crippen LogP contribution in [0, 0.1) is 0 Å². The molecular formula is C22H38N6O3. The minimum atomic E-state index is -0.389. The van der Waals surface area contributed by atoms with E-state index in [-0.39, 0.29) is 23.2 Å². The maximum absolute atomic E-state index is 12.6. The Morgan fingerprint density at radius 3 is 2.23 bits per heavy atom. The van der Waals surface area contributed by atoms with E-state index >= 15 is 0 Å². The largest absolute Gasteiger partial charge is 0.355 e. The molecule has 3 N–H and O–H groups in total. The fourth-order valence-electron chi connectivity index (χ4n) is 3.75. The lowest BCUT2D eigenvalue weighted by Crippen LogP contribution is -2.40. The van der Waals surface area contributed by atoms with Gasteiger partial charge in [0.15, 0.2) is 11.2 Å². The Bertz CT molecular complexity index is 959. The summed E-state index contributed by atoms with van der Waals surface area (Å²) in [6.45, 7) is 3.06. The van der Waals surface area contributed by atoms with Crippen LogP contribution in [0.4, 0.5) is 0 Å². The van der Waals surface area contributed by atoms with Crippen LogP contribution in [0.25, 0.3) is 11.2 Å². The number of nitrogens with one attached hydrogen (secondary N) is 1. The van der Waals surface area contributed by atoms with Gasteiger partial charge < -0.3 is 15.6 Å². The van der Waals surface area contributed by atoms with E-state index in [0.29, 0.717) is 30.7 Å². The van der Waals surface area contributed by atoms with Gasteiger partial charge in [-0.25, -0.2) is 9.78 Å². The molecular weight excluding hydrogens is 396 g/mol. The molecule has 9 nitrogen and oxygen atoms in total. The number of fused-ring (bicyclic) bond motifs is 1. The van der Waals surface area contributed by atoms with Gasteiger partial charge in [0.25, 0.3) is 5.56 Å². The highest BCUT2D eigenvalue weighted by molar-refractivity contribution is 5.81. The summed E-state index contributed by atoms with van der Waals surface area (Å²) in [5.41, 5.74) is 6.01. The number of rotatable bonds is 14. The van der Waals surface area contributed by atoms with Crippen molar-refractivity contribution in [1.82, 2.24) is 24.0 Å². The van der Waals surface area contributed by atoms with Crippen LogP contribution in [-0.2, 0) is 25.4 Å². The maximum Gasteiger partial charge on any atom is 0.332 e. The number of amides is 1. The molecule has 2 heterocycles. The first kappa shape index (κ1) is 24.8. The Balaban J connectivity index is 1.58. The highest BCUT2D eigenvalue weighted by Gasteiger charge is 2.14. The zero-order valence-corrected chi connectivity index (χ0v) is 19.2. The molecule has 31 heavy (non-hydrogen) atoms. The lowest BCUT2D eigenvalue weighted by Gasteiger charge is -2.09. The summed E-state index contributed by atoms with van der Waals surface area (Å²) < 4.78 is 4.44. The van der Waals surface area contributed by atoms with E-state index in [1.807, 2.05) is 6.92 Å². The molecule has 2 aromatic heterocycles. The number of nitrogens with two attached hydrogens (primary N) is 1. The van der Waals surface area contributed by atoms with Gasteiger partial charge in [-0.3, -0.25) is 18.7 Å². The Hall–Kier alpha value is -2.42. The fourth-order valence-corrected chi connectivity index (χ4v) is 3.75. The van der Waals surface area contributed by atoms with Crippen LogP contribution in [0.2, 0.25) is 0 Å². The summed E-state index contributed by atoms with van der Waals surface area (Å²) >= 11 is 0. The molecule has 0 aliphatic rings. The van der Waals surface area contributed by atoms with Crippen molar-refractivity contribution >= 4 is 17.1 Å². The standard InChI is InChI=1S/C22H38N6O3/c1-4-17(23)20(29)24-14-12-10-8-6-5-7-9-11-13-15-28-21(30)18-19(25-16-26(18)2)27(3)22(28)31/h16-17H,4-15,23H2,1-3H3,(H,24,29)/t17-/m0/s1. The van der Waals surface area contributed by atoms with Gasteiger partial charge in [0.05, 0.1) is 12.4 Å². The lowest BCUT2D eigenvalue weighted by atomic mass is 10.1. The topological polar surface area (TPSA) is 117 Å². The number of aromatic nitrogens is 4. The summed E-state index contributed by atoms with van der Waals surface area (Å²) in [6.07, 6.45) is 12.0. The zero-order valence-electron chi connectivity index (χ0n) is 19.2. The van der Waals surface area contributed by atoms with Gasteiger partial charge in [-0.1, -0.05) is 51.9 Å². The van der Waals surface area contributed by atoms with Crippen molar-refractivity contribution in [2.75, 3.05) is 6.54 Å². The summed E-state index contributed by atoms with van der Waals surface area (Å²) in [7, 11) is 3.42. The van der Waals surface area contributed by atoms with Gasteiger partial charge in [-0.05, 0) is 19.3 Å². The Kier molecular flexibility index (Phi) is 9.97. The highest BCUT2D eigenvalue weighted by Crippen LogP contribution is 2.10. The maximum atomic E-state index is 12.6. The molecule has 2 aromatic rings. The van der Waals surface area contributed by atoms with Gasteiger partial charge in [-0.15, -0.1) is 0 Å². The van der Waals surface area contributed by atoms with Crippen molar-refractivity contribution in [3.8, 4) is 0 Å². The Morgan fingerprint density at radius 1 is 1.03 bits per heavy atom. The minimum Gasteiger partial charge on any atom is -0.355 e. The number of carbonyl (C=O) groups is 1. The first-order valence-corrected chi connectivity index (χ1v) is 11.5. The van der Waals surface area contributed by atoms with Gasteiger partial charge >= 0.3 is 5.69 Å². The molecule has 0 bridgehead atoms. The average Bonchev–Trinajstić information content (AvgIpc) is 3.15. The summed E-state index contributed by atoms with van der Waals surface area (Å²) in [4.78, 5) is 40.8. The molecule has 0 saturated heterocycles. The normalized spacial score (nSPS) is 12.4. The van der Waals surface area contributed by atoms with Crippen molar-refractivity contribution in [2.45, 2.75) is 83.7 Å². The average molecular weight is 435 g/mol. The zero-order chi connectivity index (χ0) is 22.8. The second kappa shape index (κ2) is 12.4. The van der Waals surface area contributed by atoms with Gasteiger partial charge in [0.2, 0.25) is 5.91 Å². The van der Waals surface area contributed by atoms with Crippen molar-refractivity contribution in [1.29, 1.82) is 0 Å². The molecule has 0 aliphatic carbocycles. The molecule has 0 aliphatic heterocycles. The minimum absolute atomic E-state index is 0.0529. The van der Waals surface area contributed by atoms with E-state index in [1.165, 1.54) is 28.4 Å². The number of nitrogens with zero attached hydrogens (tertiary/aromatic N) is 4. The van der Waals surface area contributed by atoms with Crippen LogP contribution < -0.4 is 22.3 Å². The van der Waals surface area contributed by atoms with Crippen LogP contribution >= 0.6 is 0 Å². The van der Waals surface area contributed by atoms with Crippen LogP contribution in [0.5, 0.6) is 0 Å². The summed E-state index contributed by atoms with van der Waals surface area (Å²) in [5.74, 6) is -0.0529. The van der Waals surface area contributed by atoms with Crippen molar-refractivity contribution < 1.29 is 4.79 Å². The first-order chi connectivity index (χ1) is 14.9. The van der Waals surface area contributed by atoms with Crippen LogP contribution in [-0.4, -0.2) is 37.2 Å². The number of aryl methyl sites for hydroxylation is 2. The Morgan fingerprint density at radius 2 is 1.61 bits per heavy atom. The van der Waals surface area contributed by atoms with E-state index in [1.54, 1.807) is 25.0 Å². The van der Waals surface area contributed by atoms with Crippen LogP contribution in [0.1, 0.15) is 71.1 Å². The molecule has 9 heteroatoms. The Labute approximate surface area is 183 Å². The molecule has 1 atom stereocenters. The number of unbranched alkanes of at least 4 members (excludes halogenated alkanes) is 8. The number of carbonyl (C=O) groups excluding carboxylic acids is 1. The SMILES string of the molecule is CC[C@H](N)C(=O)NCCCCCCCCCCCn1c(=O)c2c(ncn2C)n(C)c1=O. The molecule has 1 amide bonds. The monoisotopic (exact) mass is 434 g/mol. The van der Waals surface area contributed by atoms with Crippen molar-refractivity contribution in [3.05, 3.63) is 27.2 Å². The van der Waals surface area contributed by atoms with E-state index in [4.69, 9.17) is 5.73 Å². The highest BCUT2D eigenvalue weighted by atomic mass is 16.2. The van der Waals surface area contributed by atoms with E-state index in [0.717, 1.165) is 38.5 Å². The van der Waals surface area contributed by atoms with Gasteiger partial charge in [0, 0.05) is 27.2 Å². The van der Waals surface area contributed by atoms with Crippen LogP contribution in [0.15, 0.2) is 15.9 Å². The second-order valence-electron chi connectivity index (χ2n) is 8.31. The number of hydrogen-bond donors (Lipinski definition) is 2. The first-order valence-electron chi connectivity index (χ1n) is 11.5. The number of hydrogen-bond acceptors (Lipinski definition) is 5.